The summed E-state index contributed by atoms with van der Waals surface area (Å²) in [5, 5.41) is 10.4. The highest BCUT2D eigenvalue weighted by Crippen LogP contribution is 2.09. The van der Waals surface area contributed by atoms with Crippen molar-refractivity contribution in [3.8, 4) is 0 Å². The maximum absolute atomic E-state index is 11.9. The van der Waals surface area contributed by atoms with Crippen molar-refractivity contribution in [3.63, 3.8) is 0 Å². The number of benzene rings is 1. The lowest BCUT2D eigenvalue weighted by molar-refractivity contribution is 0.102. The van der Waals surface area contributed by atoms with E-state index in [1.54, 1.807) is 24.4 Å². The van der Waals surface area contributed by atoms with Crippen molar-refractivity contribution in [3.05, 3.63) is 66.2 Å². The third-order valence-electron chi connectivity index (χ3n) is 2.80. The zero-order chi connectivity index (χ0) is 13.8. The van der Waals surface area contributed by atoms with E-state index in [0.29, 0.717) is 17.9 Å². The Labute approximate surface area is 115 Å². The van der Waals surface area contributed by atoms with E-state index in [9.17, 15) is 4.79 Å². The second kappa shape index (κ2) is 5.40. The zero-order valence-corrected chi connectivity index (χ0v) is 10.6. The summed E-state index contributed by atoms with van der Waals surface area (Å²) in [6.45, 7) is 0.679. The van der Waals surface area contributed by atoms with Gasteiger partial charge in [-0.2, -0.15) is 5.10 Å². The molecule has 6 nitrogen and oxygen atoms in total. The van der Waals surface area contributed by atoms with Crippen LogP contribution in [-0.4, -0.2) is 20.8 Å². The van der Waals surface area contributed by atoms with Crippen LogP contribution in [-0.2, 0) is 6.54 Å². The SMILES string of the molecule is O=C(Nc1ccon1)c1ccc(Cn2cccn2)cc1. The van der Waals surface area contributed by atoms with Gasteiger partial charge >= 0.3 is 0 Å². The Morgan fingerprint density at radius 2 is 2.10 bits per heavy atom. The third-order valence-corrected chi connectivity index (χ3v) is 2.80. The Morgan fingerprint density at radius 1 is 1.25 bits per heavy atom. The van der Waals surface area contributed by atoms with Crippen LogP contribution in [0.15, 0.2) is 59.6 Å². The lowest BCUT2D eigenvalue weighted by atomic mass is 10.1. The van der Waals surface area contributed by atoms with Crippen LogP contribution in [0.25, 0.3) is 0 Å². The summed E-state index contributed by atoms with van der Waals surface area (Å²) in [5.41, 5.74) is 1.64. The number of nitrogens with one attached hydrogen (secondary N) is 1. The molecule has 0 radical (unpaired) electrons. The van der Waals surface area contributed by atoms with Crippen molar-refractivity contribution in [1.29, 1.82) is 0 Å². The van der Waals surface area contributed by atoms with E-state index in [0.717, 1.165) is 5.56 Å². The van der Waals surface area contributed by atoms with Crippen LogP contribution in [0, 0.1) is 0 Å². The summed E-state index contributed by atoms with van der Waals surface area (Å²) < 4.78 is 6.48. The first-order valence-corrected chi connectivity index (χ1v) is 6.09. The molecule has 3 aromatic rings. The number of nitrogens with zero attached hydrogens (tertiary/aromatic N) is 3. The molecule has 1 N–H and O–H groups in total. The summed E-state index contributed by atoms with van der Waals surface area (Å²) in [4.78, 5) is 11.9. The minimum absolute atomic E-state index is 0.218. The highest BCUT2D eigenvalue weighted by atomic mass is 16.5. The van der Waals surface area contributed by atoms with E-state index in [1.165, 1.54) is 6.26 Å². The van der Waals surface area contributed by atoms with Crippen LogP contribution < -0.4 is 5.32 Å². The minimum atomic E-state index is -0.218. The molecule has 0 saturated carbocycles. The van der Waals surface area contributed by atoms with Gasteiger partial charge in [-0.15, -0.1) is 0 Å². The molecular formula is C14H12N4O2. The van der Waals surface area contributed by atoms with Crippen molar-refractivity contribution in [2.24, 2.45) is 0 Å². The predicted molar refractivity (Wildman–Crippen MR) is 72.2 cm³/mol. The average Bonchev–Trinajstić information content (AvgIpc) is 3.13. The zero-order valence-electron chi connectivity index (χ0n) is 10.6. The summed E-state index contributed by atoms with van der Waals surface area (Å²) in [7, 11) is 0. The summed E-state index contributed by atoms with van der Waals surface area (Å²) >= 11 is 0. The number of carbonyl (C=O) groups excluding carboxylic acids is 1. The highest BCUT2D eigenvalue weighted by Gasteiger charge is 2.07. The van der Waals surface area contributed by atoms with E-state index in [-0.39, 0.29) is 5.91 Å². The maximum atomic E-state index is 11.9. The Balaban J connectivity index is 1.68. The Hall–Kier alpha value is -2.89. The summed E-state index contributed by atoms with van der Waals surface area (Å²) in [5.74, 6) is 0.181. The van der Waals surface area contributed by atoms with Gasteiger partial charge in [-0.25, -0.2) is 0 Å². The summed E-state index contributed by atoms with van der Waals surface area (Å²) in [6, 6.07) is 10.8. The molecule has 20 heavy (non-hydrogen) atoms. The van der Waals surface area contributed by atoms with E-state index >= 15 is 0 Å². The van der Waals surface area contributed by atoms with Gasteiger partial charge in [0, 0.05) is 24.0 Å². The molecule has 0 aliphatic heterocycles. The smallest absolute Gasteiger partial charge is 0.256 e. The molecule has 2 heterocycles. The Morgan fingerprint density at radius 3 is 2.75 bits per heavy atom. The monoisotopic (exact) mass is 268 g/mol. The van der Waals surface area contributed by atoms with Crippen molar-refractivity contribution in [2.45, 2.75) is 6.54 Å². The second-order valence-electron chi connectivity index (χ2n) is 4.24. The molecule has 0 aliphatic rings. The number of aromatic nitrogens is 3. The van der Waals surface area contributed by atoms with Gasteiger partial charge in [0.15, 0.2) is 5.82 Å². The van der Waals surface area contributed by atoms with Crippen molar-refractivity contribution < 1.29 is 9.32 Å². The van der Waals surface area contributed by atoms with Gasteiger partial charge in [-0.05, 0) is 23.8 Å². The number of carbonyl (C=O) groups is 1. The molecule has 0 saturated heterocycles. The number of hydrogen-bond donors (Lipinski definition) is 1. The van der Waals surface area contributed by atoms with Gasteiger partial charge in [0.2, 0.25) is 0 Å². The van der Waals surface area contributed by atoms with E-state index in [2.05, 4.69) is 20.1 Å². The van der Waals surface area contributed by atoms with Crippen LogP contribution in [0.5, 0.6) is 0 Å². The normalized spacial score (nSPS) is 10.4. The number of rotatable bonds is 4. The van der Waals surface area contributed by atoms with Crippen LogP contribution in [0.1, 0.15) is 15.9 Å². The molecule has 0 aliphatic carbocycles. The largest absolute Gasteiger partial charge is 0.363 e. The van der Waals surface area contributed by atoms with Crippen LogP contribution >= 0.6 is 0 Å². The van der Waals surface area contributed by atoms with Gasteiger partial charge in [0.05, 0.1) is 6.54 Å². The van der Waals surface area contributed by atoms with Crippen molar-refractivity contribution in [2.75, 3.05) is 5.32 Å². The third kappa shape index (κ3) is 2.74. The van der Waals surface area contributed by atoms with Gasteiger partial charge in [0.25, 0.3) is 5.91 Å². The van der Waals surface area contributed by atoms with Crippen LogP contribution in [0.3, 0.4) is 0 Å². The maximum Gasteiger partial charge on any atom is 0.256 e. The number of amides is 1. The predicted octanol–water partition coefficient (Wildman–Crippen LogP) is 2.17. The standard InChI is InChI=1S/C14H12N4O2/c19-14(16-13-6-9-20-17-13)12-4-2-11(3-5-12)10-18-8-1-7-15-18/h1-9H,10H2,(H,16,17,19). The molecule has 3 rings (SSSR count). The lowest BCUT2D eigenvalue weighted by Crippen LogP contribution is -2.12. The molecule has 0 spiro atoms. The van der Waals surface area contributed by atoms with E-state index in [4.69, 9.17) is 0 Å². The average molecular weight is 268 g/mol. The minimum Gasteiger partial charge on any atom is -0.363 e. The molecule has 1 aromatic carbocycles. The topological polar surface area (TPSA) is 73.0 Å². The number of anilines is 1. The molecule has 0 bridgehead atoms. The quantitative estimate of drug-likeness (QED) is 0.787. The van der Waals surface area contributed by atoms with Gasteiger partial charge < -0.3 is 9.84 Å². The van der Waals surface area contributed by atoms with Gasteiger partial charge in [-0.1, -0.05) is 17.3 Å². The molecule has 0 fully saturated rings. The van der Waals surface area contributed by atoms with Crippen LogP contribution in [0.4, 0.5) is 5.82 Å². The van der Waals surface area contributed by atoms with Crippen molar-refractivity contribution >= 4 is 11.7 Å². The first kappa shape index (κ1) is 12.2. The molecular weight excluding hydrogens is 256 g/mol. The van der Waals surface area contributed by atoms with E-state index in [1.807, 2.05) is 29.1 Å². The van der Waals surface area contributed by atoms with Crippen LogP contribution in [0.2, 0.25) is 0 Å². The first-order chi connectivity index (χ1) is 9.81. The fourth-order valence-electron chi connectivity index (χ4n) is 1.81. The lowest BCUT2D eigenvalue weighted by Gasteiger charge is -2.04. The first-order valence-electron chi connectivity index (χ1n) is 6.09. The van der Waals surface area contributed by atoms with Crippen molar-refractivity contribution in [1.82, 2.24) is 14.9 Å². The number of hydrogen-bond acceptors (Lipinski definition) is 4. The summed E-state index contributed by atoms with van der Waals surface area (Å²) in [6.07, 6.45) is 5.04. The molecule has 0 atom stereocenters. The molecule has 0 unspecified atom stereocenters. The molecule has 6 heteroatoms. The fraction of sp³-hybridized carbons (Fsp3) is 0.0714. The van der Waals surface area contributed by atoms with Gasteiger partial charge in [0.1, 0.15) is 6.26 Å². The Kier molecular flexibility index (Phi) is 3.28. The van der Waals surface area contributed by atoms with Gasteiger partial charge in [-0.3, -0.25) is 9.48 Å². The Bertz CT molecular complexity index is 673. The molecule has 100 valence electrons. The molecule has 2 aromatic heterocycles. The highest BCUT2D eigenvalue weighted by molar-refractivity contribution is 6.03. The molecule has 1 amide bonds. The van der Waals surface area contributed by atoms with E-state index < -0.39 is 0 Å². The fourth-order valence-corrected chi connectivity index (χ4v) is 1.81. The second-order valence-corrected chi connectivity index (χ2v) is 4.24.